The van der Waals surface area contributed by atoms with E-state index < -0.39 is 40.1 Å². The van der Waals surface area contributed by atoms with E-state index in [0.717, 1.165) is 12.1 Å². The predicted octanol–water partition coefficient (Wildman–Crippen LogP) is 3.10. The fraction of sp³-hybridized carbons (Fsp3) is 0.300. The summed E-state index contributed by atoms with van der Waals surface area (Å²) in [6.07, 6.45) is 0. The summed E-state index contributed by atoms with van der Waals surface area (Å²) in [5, 5.41) is 2.16. The lowest BCUT2D eigenvalue weighted by Crippen LogP contribution is -2.30. The van der Waals surface area contributed by atoms with Gasteiger partial charge in [-0.2, -0.15) is 4.31 Å². The van der Waals surface area contributed by atoms with Gasteiger partial charge in [0.2, 0.25) is 10.0 Å². The Morgan fingerprint density at radius 1 is 1.07 bits per heavy atom. The maximum atomic E-state index is 13.6. The zero-order valence-electron chi connectivity index (χ0n) is 16.7. The molecule has 0 radical (unpaired) electrons. The van der Waals surface area contributed by atoms with Gasteiger partial charge >= 0.3 is 5.97 Å². The minimum Gasteiger partial charge on any atom is -0.452 e. The second kappa shape index (κ2) is 9.77. The lowest BCUT2D eigenvalue weighted by molar-refractivity contribution is -0.119. The second-order valence-corrected chi connectivity index (χ2v) is 8.25. The smallest absolute Gasteiger partial charge is 0.338 e. The van der Waals surface area contributed by atoms with E-state index in [2.05, 4.69) is 5.32 Å². The van der Waals surface area contributed by atoms with Gasteiger partial charge < -0.3 is 10.1 Å². The van der Waals surface area contributed by atoms with Gasteiger partial charge in [0.15, 0.2) is 6.61 Å². The maximum Gasteiger partial charge on any atom is 0.338 e. The Hall–Kier alpha value is -2.85. The molecule has 10 heteroatoms. The molecule has 0 fully saturated rings. The Kier molecular flexibility index (Phi) is 7.63. The molecule has 0 aliphatic heterocycles. The quantitative estimate of drug-likeness (QED) is 0.637. The molecule has 1 N–H and O–H groups in total. The summed E-state index contributed by atoms with van der Waals surface area (Å²) >= 11 is 0. The van der Waals surface area contributed by atoms with Gasteiger partial charge in [0.05, 0.1) is 16.1 Å². The molecule has 0 saturated heterocycles. The molecule has 0 aromatic heterocycles. The van der Waals surface area contributed by atoms with Crippen molar-refractivity contribution in [1.29, 1.82) is 0 Å². The number of nitrogens with one attached hydrogen (secondary N) is 1. The minimum absolute atomic E-state index is 0.0102. The number of carbonyl (C=O) groups excluding carboxylic acids is 2. The number of nitrogens with zero attached hydrogens (tertiary/aromatic N) is 1. The highest BCUT2D eigenvalue weighted by atomic mass is 32.2. The molecule has 30 heavy (non-hydrogen) atoms. The summed E-state index contributed by atoms with van der Waals surface area (Å²) in [6, 6.07) is 6.67. The minimum atomic E-state index is -3.78. The van der Waals surface area contributed by atoms with E-state index in [4.69, 9.17) is 4.74 Å². The summed E-state index contributed by atoms with van der Waals surface area (Å²) in [4.78, 5) is 24.2. The van der Waals surface area contributed by atoms with Crippen LogP contribution >= 0.6 is 0 Å². The van der Waals surface area contributed by atoms with Gasteiger partial charge in [-0.05, 0) is 36.8 Å². The number of aryl methyl sites for hydroxylation is 1. The molecule has 7 nitrogen and oxygen atoms in total. The van der Waals surface area contributed by atoms with Gasteiger partial charge in [0, 0.05) is 19.2 Å². The fourth-order valence-corrected chi connectivity index (χ4v) is 4.16. The summed E-state index contributed by atoms with van der Waals surface area (Å²) in [5.74, 6) is -3.51. The van der Waals surface area contributed by atoms with Crippen molar-refractivity contribution in [3.63, 3.8) is 0 Å². The van der Waals surface area contributed by atoms with E-state index in [1.807, 2.05) is 0 Å². The van der Waals surface area contributed by atoms with Gasteiger partial charge in [0.1, 0.15) is 11.6 Å². The number of ether oxygens (including phenoxy) is 1. The van der Waals surface area contributed by atoms with Gasteiger partial charge in [-0.3, -0.25) is 4.79 Å². The van der Waals surface area contributed by atoms with Gasteiger partial charge in [0.25, 0.3) is 5.91 Å². The Morgan fingerprint density at radius 3 is 2.33 bits per heavy atom. The number of esters is 1. The first-order chi connectivity index (χ1) is 14.1. The highest BCUT2D eigenvalue weighted by molar-refractivity contribution is 7.89. The Labute approximate surface area is 173 Å². The Bertz CT molecular complexity index is 1050. The van der Waals surface area contributed by atoms with Crippen LogP contribution in [0.4, 0.5) is 14.5 Å². The maximum absolute atomic E-state index is 13.6. The van der Waals surface area contributed by atoms with E-state index in [1.54, 1.807) is 20.8 Å². The molecular formula is C20H22F2N2O5S. The average molecular weight is 440 g/mol. The third-order valence-corrected chi connectivity index (χ3v) is 6.36. The van der Waals surface area contributed by atoms with Crippen molar-refractivity contribution in [3.05, 3.63) is 59.2 Å². The van der Waals surface area contributed by atoms with E-state index in [0.29, 0.717) is 11.6 Å². The summed E-state index contributed by atoms with van der Waals surface area (Å²) in [5.41, 5.74) is 0.188. The van der Waals surface area contributed by atoms with Crippen molar-refractivity contribution in [2.75, 3.05) is 25.0 Å². The van der Waals surface area contributed by atoms with E-state index in [-0.39, 0.29) is 29.2 Å². The topological polar surface area (TPSA) is 92.8 Å². The van der Waals surface area contributed by atoms with E-state index >= 15 is 0 Å². The van der Waals surface area contributed by atoms with Crippen LogP contribution in [0.25, 0.3) is 0 Å². The molecule has 0 bridgehead atoms. The number of hydrogen-bond acceptors (Lipinski definition) is 5. The lowest BCUT2D eigenvalue weighted by atomic mass is 10.1. The first-order valence-electron chi connectivity index (χ1n) is 9.13. The molecular weight excluding hydrogens is 418 g/mol. The molecule has 0 aliphatic rings. The number of halogens is 2. The lowest BCUT2D eigenvalue weighted by Gasteiger charge is -2.19. The average Bonchev–Trinajstić information content (AvgIpc) is 2.69. The summed E-state index contributed by atoms with van der Waals surface area (Å²) in [7, 11) is -3.78. The van der Waals surface area contributed by atoms with Crippen LogP contribution in [0.1, 0.15) is 29.8 Å². The van der Waals surface area contributed by atoms with Gasteiger partial charge in [-0.25, -0.2) is 22.0 Å². The fourth-order valence-electron chi connectivity index (χ4n) is 2.68. The summed E-state index contributed by atoms with van der Waals surface area (Å²) < 4.78 is 58.0. The third kappa shape index (κ3) is 5.39. The van der Waals surface area contributed by atoms with Gasteiger partial charge in [-0.1, -0.05) is 19.9 Å². The highest BCUT2D eigenvalue weighted by Gasteiger charge is 2.24. The van der Waals surface area contributed by atoms with Crippen molar-refractivity contribution >= 4 is 27.6 Å². The number of hydrogen-bond donors (Lipinski definition) is 1. The Morgan fingerprint density at radius 2 is 1.73 bits per heavy atom. The molecule has 0 saturated carbocycles. The molecule has 0 spiro atoms. The zero-order chi connectivity index (χ0) is 22.5. The summed E-state index contributed by atoms with van der Waals surface area (Å²) in [6.45, 7) is 4.81. The van der Waals surface area contributed by atoms with Crippen LogP contribution in [0.3, 0.4) is 0 Å². The first kappa shape index (κ1) is 23.4. The molecule has 0 atom stereocenters. The molecule has 0 heterocycles. The standard InChI is InChI=1S/C20H22F2N2O5S/c1-4-24(5-2)30(27,28)15-8-6-13(3)16(11-15)20(26)29-12-19(25)23-18-9-7-14(21)10-17(18)22/h6-11H,4-5,12H2,1-3H3,(H,23,25). The van der Waals surface area contributed by atoms with Crippen molar-refractivity contribution in [2.45, 2.75) is 25.7 Å². The number of amides is 1. The molecule has 1 amide bonds. The number of benzene rings is 2. The van der Waals surface area contributed by atoms with Crippen LogP contribution in [0, 0.1) is 18.6 Å². The molecule has 2 aromatic rings. The number of carbonyl (C=O) groups is 2. The van der Waals surface area contributed by atoms with E-state index in [9.17, 15) is 26.8 Å². The van der Waals surface area contributed by atoms with Crippen LogP contribution in [-0.4, -0.2) is 44.3 Å². The van der Waals surface area contributed by atoms with E-state index in [1.165, 1.54) is 22.5 Å². The number of anilines is 1. The van der Waals surface area contributed by atoms with Crippen LogP contribution in [0.2, 0.25) is 0 Å². The number of rotatable bonds is 8. The van der Waals surface area contributed by atoms with Crippen molar-refractivity contribution < 1.29 is 31.5 Å². The largest absolute Gasteiger partial charge is 0.452 e. The molecule has 0 unspecified atom stereocenters. The Balaban J connectivity index is 2.12. The van der Waals surface area contributed by atoms with Crippen LogP contribution in [-0.2, 0) is 19.6 Å². The van der Waals surface area contributed by atoms with Crippen molar-refractivity contribution in [1.82, 2.24) is 4.31 Å². The normalized spacial score (nSPS) is 11.4. The predicted molar refractivity (Wildman–Crippen MR) is 107 cm³/mol. The van der Waals surface area contributed by atoms with Gasteiger partial charge in [-0.15, -0.1) is 0 Å². The monoisotopic (exact) mass is 440 g/mol. The molecule has 2 aromatic carbocycles. The number of sulfonamides is 1. The van der Waals surface area contributed by atoms with Crippen molar-refractivity contribution in [2.24, 2.45) is 0 Å². The van der Waals surface area contributed by atoms with Crippen molar-refractivity contribution in [3.8, 4) is 0 Å². The van der Waals surface area contributed by atoms with Crippen LogP contribution in [0.15, 0.2) is 41.3 Å². The SMILES string of the molecule is CCN(CC)S(=O)(=O)c1ccc(C)c(C(=O)OCC(=O)Nc2ccc(F)cc2F)c1. The molecule has 162 valence electrons. The third-order valence-electron chi connectivity index (χ3n) is 4.31. The second-order valence-electron chi connectivity index (χ2n) is 6.31. The molecule has 0 aliphatic carbocycles. The van der Waals surface area contributed by atoms with Crippen LogP contribution < -0.4 is 5.32 Å². The first-order valence-corrected chi connectivity index (χ1v) is 10.6. The van der Waals surface area contributed by atoms with Crippen LogP contribution in [0.5, 0.6) is 0 Å². The zero-order valence-corrected chi connectivity index (χ0v) is 17.6. The molecule has 2 rings (SSSR count). The highest BCUT2D eigenvalue weighted by Crippen LogP contribution is 2.20.